The summed E-state index contributed by atoms with van der Waals surface area (Å²) in [5.41, 5.74) is 5.10. The van der Waals surface area contributed by atoms with E-state index in [4.69, 9.17) is 19.8 Å². The number of ether oxygens (including phenoxy) is 1. The van der Waals surface area contributed by atoms with Crippen LogP contribution in [0.15, 0.2) is 24.3 Å². The van der Waals surface area contributed by atoms with Gasteiger partial charge >= 0.3 is 11.9 Å². The Morgan fingerprint density at radius 3 is 1.63 bits per heavy atom. The van der Waals surface area contributed by atoms with Crippen molar-refractivity contribution in [3.63, 3.8) is 0 Å². The number of halogens is 1. The zero-order valence-electron chi connectivity index (χ0n) is 33.0. The fourth-order valence-electron chi connectivity index (χ4n) is 7.95. The first-order valence-electron chi connectivity index (χ1n) is 20.5. The lowest BCUT2D eigenvalue weighted by atomic mass is 10.0. The van der Waals surface area contributed by atoms with Gasteiger partial charge in [-0.25, -0.2) is 9.97 Å². The third-order valence-electron chi connectivity index (χ3n) is 11.5. The normalized spacial score (nSPS) is 19.0. The lowest BCUT2D eigenvalue weighted by Gasteiger charge is -2.35. The smallest absolute Gasteiger partial charge is 0.322 e. The van der Waals surface area contributed by atoms with E-state index < -0.39 is 5.97 Å². The molecule has 4 aliphatic rings. The van der Waals surface area contributed by atoms with Crippen LogP contribution in [0, 0.1) is 0 Å². The summed E-state index contributed by atoms with van der Waals surface area (Å²) in [6.45, 7) is 11.5. The van der Waals surface area contributed by atoms with E-state index in [2.05, 4.69) is 55.3 Å². The minimum Gasteiger partial charge on any atom is -0.480 e. The molecule has 13 heteroatoms. The Labute approximate surface area is 329 Å². The summed E-state index contributed by atoms with van der Waals surface area (Å²) < 4.78 is 4.85. The lowest BCUT2D eigenvalue weighted by molar-refractivity contribution is -0.147. The molecule has 0 bridgehead atoms. The van der Waals surface area contributed by atoms with Crippen LogP contribution in [-0.4, -0.2) is 120 Å². The SMILES string of the molecule is CC(C(=O)O)N1CCC(NCCCCc2ccc3c(n2)NCCC3)CC1.COC(=O)C(C)N1CCC(NCCCCc2ccc3c(n2)NCCC3)CC1.Cl. The number of pyridine rings is 2. The van der Waals surface area contributed by atoms with Gasteiger partial charge in [0.15, 0.2) is 0 Å². The van der Waals surface area contributed by atoms with Crippen molar-refractivity contribution in [1.29, 1.82) is 0 Å². The van der Waals surface area contributed by atoms with E-state index in [1.165, 1.54) is 48.9 Å². The van der Waals surface area contributed by atoms with Crippen molar-refractivity contribution in [3.05, 3.63) is 46.8 Å². The van der Waals surface area contributed by atoms with Gasteiger partial charge in [-0.15, -0.1) is 12.4 Å². The Hall–Kier alpha value is -3.03. The van der Waals surface area contributed by atoms with E-state index in [9.17, 15) is 9.59 Å². The molecule has 2 atom stereocenters. The molecule has 0 aliphatic carbocycles. The minimum atomic E-state index is -0.720. The van der Waals surface area contributed by atoms with E-state index in [-0.39, 0.29) is 30.5 Å². The number of aromatic nitrogens is 2. The number of carbonyl (C=O) groups is 2. The number of methoxy groups -OCH3 is 1. The third kappa shape index (κ3) is 13.6. The number of nitrogens with zero attached hydrogens (tertiary/aromatic N) is 4. The highest BCUT2D eigenvalue weighted by molar-refractivity contribution is 5.85. The van der Waals surface area contributed by atoms with Crippen LogP contribution in [0.1, 0.15) is 101 Å². The summed E-state index contributed by atoms with van der Waals surface area (Å²) in [5, 5.41) is 23.2. The van der Waals surface area contributed by atoms with Gasteiger partial charge in [0.05, 0.1) is 7.11 Å². The quantitative estimate of drug-likeness (QED) is 0.115. The fraction of sp³-hybridized carbons (Fsp3) is 0.707. The number of aliphatic carboxylic acids is 1. The molecule has 302 valence electrons. The first-order valence-corrected chi connectivity index (χ1v) is 20.5. The van der Waals surface area contributed by atoms with Crippen LogP contribution >= 0.6 is 12.4 Å². The van der Waals surface area contributed by atoms with Gasteiger partial charge in [-0.2, -0.15) is 0 Å². The number of hydrogen-bond donors (Lipinski definition) is 5. The number of carbonyl (C=O) groups excluding carboxylic acids is 1. The number of carboxylic acids is 1. The second-order valence-corrected chi connectivity index (χ2v) is 15.3. The average molecular weight is 771 g/mol. The highest BCUT2D eigenvalue weighted by Crippen LogP contribution is 2.22. The summed E-state index contributed by atoms with van der Waals surface area (Å²) in [6.07, 6.45) is 15.7. The molecule has 2 aromatic heterocycles. The van der Waals surface area contributed by atoms with Crippen LogP contribution in [0.3, 0.4) is 0 Å². The van der Waals surface area contributed by atoms with Crippen molar-refractivity contribution >= 4 is 36.0 Å². The molecule has 12 nitrogen and oxygen atoms in total. The van der Waals surface area contributed by atoms with Gasteiger partial charge in [0.2, 0.25) is 0 Å². The number of fused-ring (bicyclic) bond motifs is 2. The van der Waals surface area contributed by atoms with Gasteiger partial charge in [0.1, 0.15) is 23.7 Å². The summed E-state index contributed by atoms with van der Waals surface area (Å²) in [5.74, 6) is 1.34. The van der Waals surface area contributed by atoms with E-state index in [1.54, 1.807) is 6.92 Å². The van der Waals surface area contributed by atoms with E-state index >= 15 is 0 Å². The number of anilines is 2. The molecule has 2 fully saturated rings. The molecule has 2 unspecified atom stereocenters. The van der Waals surface area contributed by atoms with Gasteiger partial charge in [-0.05, 0) is 140 Å². The Morgan fingerprint density at radius 1 is 0.759 bits per heavy atom. The summed E-state index contributed by atoms with van der Waals surface area (Å²) in [7, 11) is 1.46. The van der Waals surface area contributed by atoms with Crippen LogP contribution < -0.4 is 21.3 Å². The minimum absolute atomic E-state index is 0. The van der Waals surface area contributed by atoms with Crippen molar-refractivity contribution < 1.29 is 19.4 Å². The summed E-state index contributed by atoms with van der Waals surface area (Å²) in [6, 6.07) is 9.44. The fourth-order valence-corrected chi connectivity index (χ4v) is 7.95. The first-order chi connectivity index (χ1) is 25.8. The molecule has 6 heterocycles. The maximum Gasteiger partial charge on any atom is 0.322 e. The van der Waals surface area contributed by atoms with Crippen molar-refractivity contribution in [3.8, 4) is 0 Å². The summed E-state index contributed by atoms with van der Waals surface area (Å²) in [4.78, 5) is 36.5. The number of piperidine rings is 2. The molecule has 6 rings (SSSR count). The maximum atomic E-state index is 11.6. The first kappa shape index (κ1) is 43.7. The van der Waals surface area contributed by atoms with Crippen LogP contribution in [-0.2, 0) is 40.0 Å². The number of carboxylic acid groups (broad SMARTS) is 1. The Balaban J connectivity index is 0.000000236. The van der Waals surface area contributed by atoms with Gasteiger partial charge < -0.3 is 31.1 Å². The maximum absolute atomic E-state index is 11.6. The standard InChI is InChI=1S/C21H34N4O2.C20H32N4O2.ClH/c1-16(21(26)27-2)25-14-10-18(11-15-25)22-12-4-3-7-19-9-8-17-6-5-13-23-20(17)24-19;1-15(20(25)26)24-13-9-17(10-14-24)21-11-3-2-6-18-8-7-16-5-4-12-22-19(16)23-18;/h8-9,16,18,22H,3-7,10-15H2,1-2H3,(H,23,24);7-8,15,17,21H,2-6,9-14H2,1H3,(H,22,23)(H,25,26);1H. The number of likely N-dealkylation sites (tertiary alicyclic amines) is 2. The zero-order valence-corrected chi connectivity index (χ0v) is 33.9. The van der Waals surface area contributed by atoms with Crippen LogP contribution in [0.2, 0.25) is 0 Å². The van der Waals surface area contributed by atoms with Crippen molar-refractivity contribution in [2.24, 2.45) is 0 Å². The number of esters is 1. The van der Waals surface area contributed by atoms with E-state index in [1.807, 2.05) is 6.92 Å². The number of rotatable bonds is 16. The largest absolute Gasteiger partial charge is 0.480 e. The van der Waals surface area contributed by atoms with Crippen molar-refractivity contribution in [1.82, 2.24) is 30.4 Å². The van der Waals surface area contributed by atoms with E-state index in [0.717, 1.165) is 135 Å². The molecule has 0 aromatic carbocycles. The highest BCUT2D eigenvalue weighted by atomic mass is 35.5. The Morgan fingerprint density at radius 2 is 1.20 bits per heavy atom. The second kappa shape index (κ2) is 23.1. The molecule has 0 saturated carbocycles. The highest BCUT2D eigenvalue weighted by Gasteiger charge is 2.27. The zero-order chi connectivity index (χ0) is 37.4. The molecule has 4 aliphatic heterocycles. The van der Waals surface area contributed by atoms with Gasteiger partial charge in [-0.3, -0.25) is 19.4 Å². The Bertz CT molecular complexity index is 1430. The third-order valence-corrected chi connectivity index (χ3v) is 11.5. The predicted octanol–water partition coefficient (Wildman–Crippen LogP) is 5.09. The topological polar surface area (TPSA) is 144 Å². The molecule has 2 saturated heterocycles. The number of nitrogens with one attached hydrogen (secondary N) is 4. The molecule has 54 heavy (non-hydrogen) atoms. The molecule has 2 aromatic rings. The summed E-state index contributed by atoms with van der Waals surface area (Å²) >= 11 is 0. The number of hydrogen-bond acceptors (Lipinski definition) is 11. The monoisotopic (exact) mass is 770 g/mol. The molecular weight excluding hydrogens is 704 g/mol. The lowest BCUT2D eigenvalue weighted by Crippen LogP contribution is -2.48. The molecule has 0 radical (unpaired) electrons. The Kier molecular flexibility index (Phi) is 18.7. The number of aryl methyl sites for hydroxylation is 4. The average Bonchev–Trinajstić information content (AvgIpc) is 3.20. The van der Waals surface area contributed by atoms with Gasteiger partial charge in [0, 0.05) is 62.7 Å². The predicted molar refractivity (Wildman–Crippen MR) is 219 cm³/mol. The van der Waals surface area contributed by atoms with Gasteiger partial charge in [0.25, 0.3) is 0 Å². The van der Waals surface area contributed by atoms with Crippen LogP contribution in [0.4, 0.5) is 11.6 Å². The molecular formula is C41H67ClN8O4. The van der Waals surface area contributed by atoms with Crippen molar-refractivity contribution in [2.45, 2.75) is 128 Å². The second-order valence-electron chi connectivity index (χ2n) is 15.3. The number of unbranched alkanes of at least 4 members (excludes halogenated alkanes) is 2. The van der Waals surface area contributed by atoms with Crippen LogP contribution in [0.25, 0.3) is 0 Å². The van der Waals surface area contributed by atoms with Crippen LogP contribution in [0.5, 0.6) is 0 Å². The van der Waals surface area contributed by atoms with Gasteiger partial charge in [-0.1, -0.05) is 12.1 Å². The van der Waals surface area contributed by atoms with Crippen molar-refractivity contribution in [2.75, 3.05) is 70.1 Å². The molecule has 0 spiro atoms. The molecule has 5 N–H and O–H groups in total. The van der Waals surface area contributed by atoms with E-state index in [0.29, 0.717) is 12.1 Å². The molecule has 0 amide bonds.